The van der Waals surface area contributed by atoms with E-state index in [1.54, 1.807) is 0 Å². The molecule has 0 saturated carbocycles. The third kappa shape index (κ3) is 4.31. The minimum absolute atomic E-state index is 0.235. The minimum Gasteiger partial charge on any atom is -0.481 e. The van der Waals surface area contributed by atoms with Gasteiger partial charge in [-0.3, -0.25) is 14.4 Å². The van der Waals surface area contributed by atoms with Gasteiger partial charge in [0.15, 0.2) is 0 Å². The number of carbonyl (C=O) groups is 1. The number of carboxylic acids is 1. The van der Waals surface area contributed by atoms with Crippen molar-refractivity contribution < 1.29 is 9.90 Å². The number of aromatic nitrogens is 2. The van der Waals surface area contributed by atoms with Crippen LogP contribution in [0.4, 0.5) is 0 Å². The molecule has 112 valence electrons. The topological polar surface area (TPSA) is 61.6 Å². The van der Waals surface area contributed by atoms with E-state index < -0.39 is 5.97 Å². The normalized spacial score (nSPS) is 17.8. The smallest absolute Gasteiger partial charge is 0.304 e. The minimum atomic E-state index is -0.716. The predicted octanol–water partition coefficient (Wildman–Crippen LogP) is 1.06. The van der Waals surface area contributed by atoms with Gasteiger partial charge >= 0.3 is 5.97 Å². The number of piperazine rings is 1. The summed E-state index contributed by atoms with van der Waals surface area (Å²) in [4.78, 5) is 15.2. The molecule has 1 aliphatic rings. The van der Waals surface area contributed by atoms with Gasteiger partial charge in [0, 0.05) is 51.5 Å². The van der Waals surface area contributed by atoms with E-state index in [2.05, 4.69) is 34.8 Å². The maximum atomic E-state index is 10.6. The molecule has 1 fully saturated rings. The van der Waals surface area contributed by atoms with Gasteiger partial charge < -0.3 is 10.0 Å². The summed E-state index contributed by atoms with van der Waals surface area (Å²) in [6, 6.07) is 2.48. The second kappa shape index (κ2) is 6.85. The van der Waals surface area contributed by atoms with Crippen LogP contribution in [0.5, 0.6) is 0 Å². The average molecular weight is 280 g/mol. The van der Waals surface area contributed by atoms with Crippen LogP contribution in [0.25, 0.3) is 0 Å². The fourth-order valence-corrected chi connectivity index (χ4v) is 2.40. The maximum Gasteiger partial charge on any atom is 0.304 e. The van der Waals surface area contributed by atoms with Crippen molar-refractivity contribution in [2.24, 2.45) is 0 Å². The Labute approximate surface area is 120 Å². The molecule has 2 rings (SSSR count). The van der Waals surface area contributed by atoms with Crippen molar-refractivity contribution in [2.45, 2.75) is 32.9 Å². The Morgan fingerprint density at radius 2 is 1.95 bits per heavy atom. The summed E-state index contributed by atoms with van der Waals surface area (Å²) in [5, 5.41) is 13.3. The number of rotatable bonds is 6. The van der Waals surface area contributed by atoms with Crippen LogP contribution in [0.1, 0.15) is 32.0 Å². The van der Waals surface area contributed by atoms with E-state index in [4.69, 9.17) is 5.11 Å². The number of aliphatic carboxylic acids is 1. The van der Waals surface area contributed by atoms with Crippen LogP contribution >= 0.6 is 0 Å². The molecule has 0 unspecified atom stereocenters. The Morgan fingerprint density at radius 1 is 1.30 bits per heavy atom. The molecule has 0 amide bonds. The summed E-state index contributed by atoms with van der Waals surface area (Å²) in [5.41, 5.74) is 1.11. The molecule has 1 aliphatic heterocycles. The van der Waals surface area contributed by atoms with Gasteiger partial charge in [0.1, 0.15) is 0 Å². The molecule has 6 heteroatoms. The fourth-order valence-electron chi connectivity index (χ4n) is 2.40. The largest absolute Gasteiger partial charge is 0.481 e. The quantitative estimate of drug-likeness (QED) is 0.844. The molecule has 1 saturated heterocycles. The lowest BCUT2D eigenvalue weighted by molar-refractivity contribution is -0.137. The van der Waals surface area contributed by atoms with Crippen molar-refractivity contribution in [1.82, 2.24) is 19.6 Å². The van der Waals surface area contributed by atoms with Crippen LogP contribution in [-0.4, -0.2) is 63.4 Å². The molecule has 1 N–H and O–H groups in total. The molecule has 2 heterocycles. The first kappa shape index (κ1) is 15.0. The van der Waals surface area contributed by atoms with Gasteiger partial charge in [-0.25, -0.2) is 0 Å². The van der Waals surface area contributed by atoms with E-state index in [1.807, 2.05) is 10.9 Å². The SMILES string of the molecule is CC(C)n1ccc(CN2CCN(CCC(=O)O)CC2)n1. The van der Waals surface area contributed by atoms with E-state index in [0.717, 1.165) is 38.4 Å². The number of hydrogen-bond acceptors (Lipinski definition) is 4. The molecule has 0 aromatic carbocycles. The summed E-state index contributed by atoms with van der Waals surface area (Å²) >= 11 is 0. The van der Waals surface area contributed by atoms with E-state index in [1.165, 1.54) is 0 Å². The zero-order chi connectivity index (χ0) is 14.5. The number of carboxylic acid groups (broad SMARTS) is 1. The highest BCUT2D eigenvalue weighted by atomic mass is 16.4. The third-order valence-corrected chi connectivity index (χ3v) is 3.69. The summed E-state index contributed by atoms with van der Waals surface area (Å²) in [6.07, 6.45) is 2.27. The molecule has 0 atom stereocenters. The number of hydrogen-bond donors (Lipinski definition) is 1. The van der Waals surface area contributed by atoms with Gasteiger partial charge in [-0.2, -0.15) is 5.10 Å². The Bertz CT molecular complexity index is 436. The van der Waals surface area contributed by atoms with Gasteiger partial charge in [0.05, 0.1) is 12.1 Å². The van der Waals surface area contributed by atoms with Crippen LogP contribution in [0, 0.1) is 0 Å². The highest BCUT2D eigenvalue weighted by molar-refractivity contribution is 5.66. The third-order valence-electron chi connectivity index (χ3n) is 3.69. The van der Waals surface area contributed by atoms with E-state index in [9.17, 15) is 4.79 Å². The molecule has 1 aromatic heterocycles. The lowest BCUT2D eigenvalue weighted by atomic mass is 10.2. The summed E-state index contributed by atoms with van der Waals surface area (Å²) < 4.78 is 1.98. The zero-order valence-corrected chi connectivity index (χ0v) is 12.3. The van der Waals surface area contributed by atoms with E-state index >= 15 is 0 Å². The van der Waals surface area contributed by atoms with E-state index in [0.29, 0.717) is 12.6 Å². The molecule has 20 heavy (non-hydrogen) atoms. The molecule has 6 nitrogen and oxygen atoms in total. The Balaban J connectivity index is 1.74. The van der Waals surface area contributed by atoms with Crippen LogP contribution < -0.4 is 0 Å². The van der Waals surface area contributed by atoms with Crippen LogP contribution in [0.3, 0.4) is 0 Å². The summed E-state index contributed by atoms with van der Waals surface area (Å²) in [7, 11) is 0. The first-order valence-corrected chi connectivity index (χ1v) is 7.25. The van der Waals surface area contributed by atoms with Crippen molar-refractivity contribution in [3.8, 4) is 0 Å². The van der Waals surface area contributed by atoms with Gasteiger partial charge in [0.2, 0.25) is 0 Å². The molecular weight excluding hydrogens is 256 g/mol. The molecular formula is C14H24N4O2. The van der Waals surface area contributed by atoms with Crippen molar-refractivity contribution in [1.29, 1.82) is 0 Å². The Morgan fingerprint density at radius 3 is 2.50 bits per heavy atom. The van der Waals surface area contributed by atoms with Gasteiger partial charge in [0.25, 0.3) is 0 Å². The molecule has 0 radical (unpaired) electrons. The summed E-state index contributed by atoms with van der Waals surface area (Å²) in [5.74, 6) is -0.716. The van der Waals surface area contributed by atoms with Gasteiger partial charge in [-0.1, -0.05) is 0 Å². The van der Waals surface area contributed by atoms with Crippen molar-refractivity contribution >= 4 is 5.97 Å². The standard InChI is InChI=1S/C14H24N4O2/c1-12(2)18-6-3-13(15-18)11-17-9-7-16(8-10-17)5-4-14(19)20/h3,6,12H,4-5,7-11H2,1-2H3,(H,19,20). The van der Waals surface area contributed by atoms with Crippen molar-refractivity contribution in [3.63, 3.8) is 0 Å². The Hall–Kier alpha value is -1.40. The molecule has 0 bridgehead atoms. The maximum absolute atomic E-state index is 10.6. The van der Waals surface area contributed by atoms with E-state index in [-0.39, 0.29) is 6.42 Å². The fraction of sp³-hybridized carbons (Fsp3) is 0.714. The van der Waals surface area contributed by atoms with Crippen LogP contribution in [0.15, 0.2) is 12.3 Å². The predicted molar refractivity (Wildman–Crippen MR) is 76.6 cm³/mol. The second-order valence-corrected chi connectivity index (χ2v) is 5.64. The highest BCUT2D eigenvalue weighted by Gasteiger charge is 2.18. The van der Waals surface area contributed by atoms with Crippen LogP contribution in [0.2, 0.25) is 0 Å². The van der Waals surface area contributed by atoms with Crippen molar-refractivity contribution in [3.05, 3.63) is 18.0 Å². The van der Waals surface area contributed by atoms with Crippen LogP contribution in [-0.2, 0) is 11.3 Å². The van der Waals surface area contributed by atoms with Crippen molar-refractivity contribution in [2.75, 3.05) is 32.7 Å². The first-order valence-electron chi connectivity index (χ1n) is 7.25. The second-order valence-electron chi connectivity index (χ2n) is 5.64. The molecule has 0 spiro atoms. The highest BCUT2D eigenvalue weighted by Crippen LogP contribution is 2.09. The van der Waals surface area contributed by atoms with Gasteiger partial charge in [-0.15, -0.1) is 0 Å². The van der Waals surface area contributed by atoms with Gasteiger partial charge in [-0.05, 0) is 19.9 Å². The number of nitrogens with zero attached hydrogens (tertiary/aromatic N) is 4. The Kier molecular flexibility index (Phi) is 5.14. The summed E-state index contributed by atoms with van der Waals surface area (Å²) in [6.45, 7) is 9.63. The molecule has 1 aromatic rings. The zero-order valence-electron chi connectivity index (χ0n) is 12.3. The lowest BCUT2D eigenvalue weighted by Crippen LogP contribution is -2.46. The lowest BCUT2D eigenvalue weighted by Gasteiger charge is -2.34. The molecule has 0 aliphatic carbocycles. The first-order chi connectivity index (χ1) is 9.54. The monoisotopic (exact) mass is 280 g/mol. The average Bonchev–Trinajstić information content (AvgIpc) is 2.86.